The van der Waals surface area contributed by atoms with E-state index < -0.39 is 0 Å². The molecule has 2 rings (SSSR count). The summed E-state index contributed by atoms with van der Waals surface area (Å²) in [5, 5.41) is 6.97. The molecule has 1 aromatic heterocycles. The van der Waals surface area contributed by atoms with Gasteiger partial charge >= 0.3 is 0 Å². The highest BCUT2D eigenvalue weighted by Gasteiger charge is 2.11. The van der Waals surface area contributed by atoms with Gasteiger partial charge in [0.15, 0.2) is 0 Å². The molecule has 0 spiro atoms. The summed E-state index contributed by atoms with van der Waals surface area (Å²) in [6, 6.07) is 9.22. The molecule has 0 fully saturated rings. The number of aromatic nitrogens is 2. The van der Waals surface area contributed by atoms with Crippen LogP contribution in [0.4, 0.5) is 5.69 Å². The summed E-state index contributed by atoms with van der Waals surface area (Å²) >= 11 is 0. The molecule has 0 unspecified atom stereocenters. The number of benzene rings is 1. The van der Waals surface area contributed by atoms with Gasteiger partial charge < -0.3 is 11.1 Å². The molecule has 94 valence electrons. The molecule has 5 nitrogen and oxygen atoms in total. The van der Waals surface area contributed by atoms with Crippen molar-refractivity contribution in [1.82, 2.24) is 15.1 Å². The summed E-state index contributed by atoms with van der Waals surface area (Å²) in [5.41, 5.74) is 8.76. The van der Waals surface area contributed by atoms with Crippen molar-refractivity contribution in [3.05, 3.63) is 47.3 Å². The smallest absolute Gasteiger partial charge is 0.269 e. The molecule has 1 aromatic carbocycles. The van der Waals surface area contributed by atoms with Gasteiger partial charge in [-0.2, -0.15) is 5.10 Å². The van der Waals surface area contributed by atoms with Gasteiger partial charge in [0.1, 0.15) is 5.69 Å². The molecular weight excluding hydrogens is 228 g/mol. The van der Waals surface area contributed by atoms with Crippen LogP contribution in [0.15, 0.2) is 30.3 Å². The number of carbonyl (C=O) groups excluding carboxylic acids is 1. The molecule has 3 N–H and O–H groups in total. The Morgan fingerprint density at radius 2 is 2.17 bits per heavy atom. The largest absolute Gasteiger partial charge is 0.398 e. The molecule has 0 saturated carbocycles. The van der Waals surface area contributed by atoms with Crippen LogP contribution in [0.1, 0.15) is 21.7 Å². The number of nitrogen functional groups attached to an aromatic ring is 1. The van der Waals surface area contributed by atoms with E-state index in [1.807, 2.05) is 31.2 Å². The fraction of sp³-hybridized carbons (Fsp3) is 0.231. The molecule has 0 aliphatic rings. The number of nitrogens with zero attached hydrogens (tertiary/aromatic N) is 2. The normalized spacial score (nSPS) is 10.3. The minimum Gasteiger partial charge on any atom is -0.398 e. The van der Waals surface area contributed by atoms with Crippen molar-refractivity contribution in [2.24, 2.45) is 7.05 Å². The highest BCUT2D eigenvalue weighted by atomic mass is 16.2. The molecule has 0 bridgehead atoms. The second-order valence-corrected chi connectivity index (χ2v) is 4.18. The van der Waals surface area contributed by atoms with E-state index in [1.165, 1.54) is 0 Å². The van der Waals surface area contributed by atoms with Crippen LogP contribution in [0, 0.1) is 6.92 Å². The number of amides is 1. The number of hydrogen-bond acceptors (Lipinski definition) is 3. The van der Waals surface area contributed by atoms with Gasteiger partial charge in [-0.1, -0.05) is 18.2 Å². The Morgan fingerprint density at radius 3 is 2.78 bits per heavy atom. The maximum Gasteiger partial charge on any atom is 0.269 e. The van der Waals surface area contributed by atoms with Gasteiger partial charge in [0.25, 0.3) is 5.91 Å². The Balaban J connectivity index is 2.05. The summed E-state index contributed by atoms with van der Waals surface area (Å²) in [5.74, 6) is -0.152. The summed E-state index contributed by atoms with van der Waals surface area (Å²) < 4.78 is 1.57. The van der Waals surface area contributed by atoms with Crippen LogP contribution in [-0.2, 0) is 13.6 Å². The van der Waals surface area contributed by atoms with Crippen LogP contribution in [-0.4, -0.2) is 15.7 Å². The number of para-hydroxylation sites is 1. The topological polar surface area (TPSA) is 72.9 Å². The number of hydrogen-bond donors (Lipinski definition) is 2. The lowest BCUT2D eigenvalue weighted by Crippen LogP contribution is -2.25. The maximum atomic E-state index is 12.0. The van der Waals surface area contributed by atoms with E-state index in [1.54, 1.807) is 17.8 Å². The standard InChI is InChI=1S/C13H16N4O/c1-9-7-12(17(2)16-9)13(18)15-8-10-5-3-4-6-11(10)14/h3-7H,8,14H2,1-2H3,(H,15,18). The third-order valence-electron chi connectivity index (χ3n) is 2.73. The van der Waals surface area contributed by atoms with Crippen molar-refractivity contribution in [3.63, 3.8) is 0 Å². The minimum absolute atomic E-state index is 0.152. The van der Waals surface area contributed by atoms with Crippen molar-refractivity contribution >= 4 is 11.6 Å². The molecule has 0 aliphatic carbocycles. The lowest BCUT2D eigenvalue weighted by atomic mass is 10.2. The van der Waals surface area contributed by atoms with Gasteiger partial charge in [0.2, 0.25) is 0 Å². The SMILES string of the molecule is Cc1cc(C(=O)NCc2ccccc2N)n(C)n1. The van der Waals surface area contributed by atoms with Crippen LogP contribution in [0.3, 0.4) is 0 Å². The van der Waals surface area contributed by atoms with Crippen molar-refractivity contribution in [2.75, 3.05) is 5.73 Å². The zero-order chi connectivity index (χ0) is 13.1. The van der Waals surface area contributed by atoms with E-state index in [2.05, 4.69) is 10.4 Å². The first-order valence-corrected chi connectivity index (χ1v) is 5.70. The maximum absolute atomic E-state index is 12.0. The second kappa shape index (κ2) is 4.91. The van der Waals surface area contributed by atoms with E-state index >= 15 is 0 Å². The molecule has 0 atom stereocenters. The lowest BCUT2D eigenvalue weighted by Gasteiger charge is -2.07. The molecule has 18 heavy (non-hydrogen) atoms. The van der Waals surface area contributed by atoms with Crippen LogP contribution in [0.5, 0.6) is 0 Å². The highest BCUT2D eigenvalue weighted by molar-refractivity contribution is 5.92. The number of nitrogens with two attached hydrogens (primary N) is 1. The summed E-state index contributed by atoms with van der Waals surface area (Å²) in [4.78, 5) is 12.0. The average Bonchev–Trinajstić information content (AvgIpc) is 2.67. The first kappa shape index (κ1) is 12.2. The van der Waals surface area contributed by atoms with E-state index in [0.717, 1.165) is 11.3 Å². The van der Waals surface area contributed by atoms with E-state index in [-0.39, 0.29) is 5.91 Å². The first-order valence-electron chi connectivity index (χ1n) is 5.70. The average molecular weight is 244 g/mol. The molecule has 0 saturated heterocycles. The molecule has 5 heteroatoms. The number of aryl methyl sites for hydroxylation is 2. The molecule has 2 aromatic rings. The molecular formula is C13H16N4O. The summed E-state index contributed by atoms with van der Waals surface area (Å²) in [6.07, 6.45) is 0. The summed E-state index contributed by atoms with van der Waals surface area (Å²) in [6.45, 7) is 2.27. The Kier molecular flexibility index (Phi) is 3.32. The van der Waals surface area contributed by atoms with E-state index in [4.69, 9.17) is 5.73 Å². The van der Waals surface area contributed by atoms with Gasteiger partial charge in [0, 0.05) is 19.3 Å². The second-order valence-electron chi connectivity index (χ2n) is 4.18. The van der Waals surface area contributed by atoms with Crippen LogP contribution < -0.4 is 11.1 Å². The number of anilines is 1. The van der Waals surface area contributed by atoms with Crippen molar-refractivity contribution in [3.8, 4) is 0 Å². The van der Waals surface area contributed by atoms with Gasteiger partial charge in [0.05, 0.1) is 5.69 Å². The minimum atomic E-state index is -0.152. The zero-order valence-electron chi connectivity index (χ0n) is 10.5. The monoisotopic (exact) mass is 244 g/mol. The van der Waals surface area contributed by atoms with Crippen LogP contribution in [0.2, 0.25) is 0 Å². The molecule has 1 amide bonds. The Labute approximate surface area is 106 Å². The van der Waals surface area contributed by atoms with E-state index in [9.17, 15) is 4.79 Å². The third-order valence-corrected chi connectivity index (χ3v) is 2.73. The van der Waals surface area contributed by atoms with Gasteiger partial charge in [-0.25, -0.2) is 0 Å². The zero-order valence-corrected chi connectivity index (χ0v) is 10.5. The Morgan fingerprint density at radius 1 is 1.44 bits per heavy atom. The van der Waals surface area contributed by atoms with Gasteiger partial charge in [-0.3, -0.25) is 9.48 Å². The van der Waals surface area contributed by atoms with Crippen LogP contribution >= 0.6 is 0 Å². The number of nitrogens with one attached hydrogen (secondary N) is 1. The number of carbonyl (C=O) groups is 1. The summed E-state index contributed by atoms with van der Waals surface area (Å²) in [7, 11) is 1.75. The van der Waals surface area contributed by atoms with Crippen molar-refractivity contribution < 1.29 is 4.79 Å². The predicted octanol–water partition coefficient (Wildman–Crippen LogP) is 1.24. The van der Waals surface area contributed by atoms with E-state index in [0.29, 0.717) is 17.9 Å². The van der Waals surface area contributed by atoms with Crippen molar-refractivity contribution in [2.45, 2.75) is 13.5 Å². The Bertz CT molecular complexity index is 574. The van der Waals surface area contributed by atoms with Crippen molar-refractivity contribution in [1.29, 1.82) is 0 Å². The Hall–Kier alpha value is -2.30. The third kappa shape index (κ3) is 2.51. The first-order chi connectivity index (χ1) is 8.58. The predicted molar refractivity (Wildman–Crippen MR) is 70.0 cm³/mol. The molecule has 0 radical (unpaired) electrons. The fourth-order valence-corrected chi connectivity index (χ4v) is 1.78. The lowest BCUT2D eigenvalue weighted by molar-refractivity contribution is 0.0941. The molecule has 1 heterocycles. The quantitative estimate of drug-likeness (QED) is 0.798. The van der Waals surface area contributed by atoms with Gasteiger partial charge in [-0.15, -0.1) is 0 Å². The molecule has 0 aliphatic heterocycles. The van der Waals surface area contributed by atoms with Gasteiger partial charge in [-0.05, 0) is 24.6 Å². The van der Waals surface area contributed by atoms with Crippen LogP contribution in [0.25, 0.3) is 0 Å². The highest BCUT2D eigenvalue weighted by Crippen LogP contribution is 2.10. The fourth-order valence-electron chi connectivity index (χ4n) is 1.78. The number of rotatable bonds is 3.